The Kier molecular flexibility index (Phi) is 4.60. The molecule has 0 fully saturated rings. The summed E-state index contributed by atoms with van der Waals surface area (Å²) >= 11 is 3.46. The van der Waals surface area contributed by atoms with Gasteiger partial charge in [0.2, 0.25) is 0 Å². The summed E-state index contributed by atoms with van der Waals surface area (Å²) in [6.45, 7) is 8.49. The SMILES string of the molecule is CC(C)(C)c1ccc(CC(C)(O)c2cccc(Br)c2)cc1. The fourth-order valence-electron chi connectivity index (χ4n) is 2.45. The second-order valence-corrected chi connectivity index (χ2v) is 7.82. The van der Waals surface area contributed by atoms with Gasteiger partial charge in [-0.05, 0) is 41.2 Å². The first-order valence-electron chi connectivity index (χ1n) is 7.26. The van der Waals surface area contributed by atoms with Crippen molar-refractivity contribution in [3.05, 3.63) is 69.7 Å². The molecule has 1 nitrogen and oxygen atoms in total. The molecule has 1 unspecified atom stereocenters. The highest BCUT2D eigenvalue weighted by Crippen LogP contribution is 2.29. The van der Waals surface area contributed by atoms with E-state index in [1.807, 2.05) is 31.2 Å². The maximum Gasteiger partial charge on any atom is 0.0909 e. The minimum absolute atomic E-state index is 0.158. The smallest absolute Gasteiger partial charge is 0.0909 e. The van der Waals surface area contributed by atoms with Crippen LogP contribution in [-0.2, 0) is 17.4 Å². The lowest BCUT2D eigenvalue weighted by molar-refractivity contribution is 0.0575. The summed E-state index contributed by atoms with van der Waals surface area (Å²) in [5.74, 6) is 0. The Bertz CT molecular complexity index is 606. The molecule has 2 rings (SSSR count). The van der Waals surface area contributed by atoms with Crippen LogP contribution in [-0.4, -0.2) is 5.11 Å². The van der Waals surface area contributed by atoms with E-state index in [0.29, 0.717) is 6.42 Å². The molecule has 0 aliphatic carbocycles. The molecule has 0 aromatic heterocycles. The average molecular weight is 347 g/mol. The first-order chi connectivity index (χ1) is 9.68. The molecule has 2 heteroatoms. The number of halogens is 1. The van der Waals surface area contributed by atoms with Gasteiger partial charge in [0, 0.05) is 10.9 Å². The molecule has 0 amide bonds. The average Bonchev–Trinajstić information content (AvgIpc) is 2.38. The molecule has 0 aliphatic heterocycles. The van der Waals surface area contributed by atoms with Crippen molar-refractivity contribution in [3.8, 4) is 0 Å². The molecular formula is C19H23BrO. The van der Waals surface area contributed by atoms with Crippen LogP contribution in [0.5, 0.6) is 0 Å². The van der Waals surface area contributed by atoms with Gasteiger partial charge >= 0.3 is 0 Å². The molecule has 1 N–H and O–H groups in total. The molecule has 0 spiro atoms. The lowest BCUT2D eigenvalue weighted by Crippen LogP contribution is -2.24. The number of hydrogen-bond acceptors (Lipinski definition) is 1. The molecule has 21 heavy (non-hydrogen) atoms. The van der Waals surface area contributed by atoms with Crippen LogP contribution in [0.3, 0.4) is 0 Å². The molecule has 2 aromatic carbocycles. The molecule has 112 valence electrons. The topological polar surface area (TPSA) is 20.2 Å². The van der Waals surface area contributed by atoms with Crippen LogP contribution in [0.25, 0.3) is 0 Å². The highest BCUT2D eigenvalue weighted by molar-refractivity contribution is 9.10. The summed E-state index contributed by atoms with van der Waals surface area (Å²) in [7, 11) is 0. The number of aliphatic hydroxyl groups is 1. The van der Waals surface area contributed by atoms with Crippen molar-refractivity contribution in [2.45, 2.75) is 45.1 Å². The summed E-state index contributed by atoms with van der Waals surface area (Å²) in [6, 6.07) is 16.4. The van der Waals surface area contributed by atoms with E-state index in [1.165, 1.54) is 5.56 Å². The van der Waals surface area contributed by atoms with E-state index in [2.05, 4.69) is 61.0 Å². The molecule has 0 bridgehead atoms. The predicted molar refractivity (Wildman–Crippen MR) is 92.6 cm³/mol. The van der Waals surface area contributed by atoms with Crippen LogP contribution < -0.4 is 0 Å². The molecule has 0 radical (unpaired) electrons. The summed E-state index contributed by atoms with van der Waals surface area (Å²) in [4.78, 5) is 0. The Hall–Kier alpha value is -1.12. The first-order valence-corrected chi connectivity index (χ1v) is 8.06. The van der Waals surface area contributed by atoms with Crippen molar-refractivity contribution in [3.63, 3.8) is 0 Å². The van der Waals surface area contributed by atoms with Crippen molar-refractivity contribution in [2.24, 2.45) is 0 Å². The molecule has 0 heterocycles. The zero-order valence-electron chi connectivity index (χ0n) is 13.2. The summed E-state index contributed by atoms with van der Waals surface area (Å²) in [5.41, 5.74) is 2.68. The Labute approximate surface area is 136 Å². The van der Waals surface area contributed by atoms with Crippen molar-refractivity contribution in [1.29, 1.82) is 0 Å². The molecule has 1 atom stereocenters. The van der Waals surface area contributed by atoms with E-state index in [4.69, 9.17) is 0 Å². The van der Waals surface area contributed by atoms with E-state index in [0.717, 1.165) is 15.6 Å². The van der Waals surface area contributed by atoms with Gasteiger partial charge in [0.15, 0.2) is 0 Å². The van der Waals surface area contributed by atoms with Gasteiger partial charge in [-0.1, -0.05) is 73.1 Å². The Morgan fingerprint density at radius 2 is 1.52 bits per heavy atom. The highest BCUT2D eigenvalue weighted by Gasteiger charge is 2.24. The van der Waals surface area contributed by atoms with E-state index < -0.39 is 5.60 Å². The molecule has 0 aliphatic rings. The molecule has 0 saturated heterocycles. The minimum Gasteiger partial charge on any atom is -0.385 e. The van der Waals surface area contributed by atoms with E-state index in [1.54, 1.807) is 0 Å². The monoisotopic (exact) mass is 346 g/mol. The normalized spacial score (nSPS) is 14.8. The lowest BCUT2D eigenvalue weighted by Gasteiger charge is -2.25. The molecular weight excluding hydrogens is 324 g/mol. The highest BCUT2D eigenvalue weighted by atomic mass is 79.9. The van der Waals surface area contributed by atoms with Gasteiger partial charge in [-0.25, -0.2) is 0 Å². The Morgan fingerprint density at radius 3 is 2.05 bits per heavy atom. The van der Waals surface area contributed by atoms with E-state index in [9.17, 15) is 5.11 Å². The van der Waals surface area contributed by atoms with Crippen LogP contribution in [0.15, 0.2) is 53.0 Å². The van der Waals surface area contributed by atoms with Crippen LogP contribution >= 0.6 is 15.9 Å². The summed E-state index contributed by atoms with van der Waals surface area (Å²) < 4.78 is 0.989. The maximum atomic E-state index is 10.8. The van der Waals surface area contributed by atoms with Gasteiger partial charge in [-0.2, -0.15) is 0 Å². The molecule has 0 saturated carbocycles. The third kappa shape index (κ3) is 4.18. The van der Waals surface area contributed by atoms with Crippen molar-refractivity contribution >= 4 is 15.9 Å². The fraction of sp³-hybridized carbons (Fsp3) is 0.368. The zero-order valence-corrected chi connectivity index (χ0v) is 14.7. The lowest BCUT2D eigenvalue weighted by atomic mass is 9.84. The van der Waals surface area contributed by atoms with Crippen LogP contribution in [0.1, 0.15) is 44.4 Å². The van der Waals surface area contributed by atoms with Crippen LogP contribution in [0, 0.1) is 0 Å². The maximum absolute atomic E-state index is 10.8. The van der Waals surface area contributed by atoms with Gasteiger partial charge in [0.05, 0.1) is 5.60 Å². The van der Waals surface area contributed by atoms with Crippen molar-refractivity contribution < 1.29 is 5.11 Å². The van der Waals surface area contributed by atoms with E-state index in [-0.39, 0.29) is 5.41 Å². The number of benzene rings is 2. The van der Waals surface area contributed by atoms with Gasteiger partial charge < -0.3 is 5.11 Å². The third-order valence-electron chi connectivity index (χ3n) is 3.81. The largest absolute Gasteiger partial charge is 0.385 e. The number of rotatable bonds is 3. The fourth-order valence-corrected chi connectivity index (χ4v) is 2.84. The van der Waals surface area contributed by atoms with Crippen molar-refractivity contribution in [1.82, 2.24) is 0 Å². The quantitative estimate of drug-likeness (QED) is 0.809. The Morgan fingerprint density at radius 1 is 0.905 bits per heavy atom. The minimum atomic E-state index is -0.868. The second-order valence-electron chi connectivity index (χ2n) is 6.91. The first kappa shape index (κ1) is 16.3. The van der Waals surface area contributed by atoms with Gasteiger partial charge in [-0.3, -0.25) is 0 Å². The van der Waals surface area contributed by atoms with Crippen LogP contribution in [0.2, 0.25) is 0 Å². The Balaban J connectivity index is 2.20. The van der Waals surface area contributed by atoms with Crippen molar-refractivity contribution in [2.75, 3.05) is 0 Å². The van der Waals surface area contributed by atoms with Gasteiger partial charge in [0.25, 0.3) is 0 Å². The predicted octanol–water partition coefficient (Wildman–Crippen LogP) is 5.20. The molecule has 2 aromatic rings. The van der Waals surface area contributed by atoms with E-state index >= 15 is 0 Å². The van der Waals surface area contributed by atoms with Crippen LogP contribution in [0.4, 0.5) is 0 Å². The zero-order chi connectivity index (χ0) is 15.7. The summed E-state index contributed by atoms with van der Waals surface area (Å²) in [5, 5.41) is 10.8. The van der Waals surface area contributed by atoms with Gasteiger partial charge in [-0.15, -0.1) is 0 Å². The standard InChI is InChI=1S/C19H23BrO/c1-18(2,3)15-10-8-14(9-11-15)13-19(4,21)16-6-5-7-17(20)12-16/h5-12,21H,13H2,1-4H3. The van der Waals surface area contributed by atoms with Gasteiger partial charge in [0.1, 0.15) is 0 Å². The third-order valence-corrected chi connectivity index (χ3v) is 4.31. The number of hydrogen-bond donors (Lipinski definition) is 1. The summed E-state index contributed by atoms with van der Waals surface area (Å²) in [6.07, 6.45) is 0.605. The second kappa shape index (κ2) is 5.94.